The van der Waals surface area contributed by atoms with Crippen molar-refractivity contribution in [2.24, 2.45) is 0 Å². The molecule has 6 nitrogen and oxygen atoms in total. The maximum atomic E-state index is 12.3. The van der Waals surface area contributed by atoms with Gasteiger partial charge in [-0.2, -0.15) is 0 Å². The second-order valence-electron chi connectivity index (χ2n) is 6.30. The zero-order valence-electron chi connectivity index (χ0n) is 15.2. The fraction of sp³-hybridized carbons (Fsp3) is 0.579. The monoisotopic (exact) mass is 347 g/mol. The average molecular weight is 347 g/mol. The van der Waals surface area contributed by atoms with Crippen LogP contribution in [0.2, 0.25) is 0 Å². The van der Waals surface area contributed by atoms with E-state index in [9.17, 15) is 9.59 Å². The van der Waals surface area contributed by atoms with E-state index in [0.29, 0.717) is 17.9 Å². The molecule has 1 aromatic rings. The molecule has 0 atom stereocenters. The molecule has 0 saturated carbocycles. The minimum Gasteiger partial charge on any atom is -0.493 e. The largest absolute Gasteiger partial charge is 0.493 e. The molecule has 1 heterocycles. The lowest BCUT2D eigenvalue weighted by Crippen LogP contribution is -2.47. The zero-order valence-corrected chi connectivity index (χ0v) is 15.2. The van der Waals surface area contributed by atoms with Crippen molar-refractivity contribution in [1.29, 1.82) is 0 Å². The van der Waals surface area contributed by atoms with Crippen molar-refractivity contribution >= 4 is 11.8 Å². The molecule has 0 aliphatic carbocycles. The van der Waals surface area contributed by atoms with Crippen LogP contribution in [0.25, 0.3) is 0 Å². The first kappa shape index (κ1) is 19.2. The summed E-state index contributed by atoms with van der Waals surface area (Å²) < 4.78 is 5.45. The smallest absolute Gasteiger partial charge is 0.255 e. The molecule has 25 heavy (non-hydrogen) atoms. The number of rotatable bonds is 8. The van der Waals surface area contributed by atoms with Crippen molar-refractivity contribution < 1.29 is 14.3 Å². The van der Waals surface area contributed by atoms with Crippen LogP contribution in [0.15, 0.2) is 24.3 Å². The molecule has 138 valence electrons. The number of carbonyl (C=O) groups excluding carboxylic acids is 2. The van der Waals surface area contributed by atoms with E-state index >= 15 is 0 Å². The average Bonchev–Trinajstić information content (AvgIpc) is 2.62. The van der Waals surface area contributed by atoms with E-state index in [1.54, 1.807) is 18.2 Å². The van der Waals surface area contributed by atoms with Gasteiger partial charge in [-0.1, -0.05) is 19.1 Å². The van der Waals surface area contributed by atoms with Crippen LogP contribution in [-0.4, -0.2) is 55.5 Å². The van der Waals surface area contributed by atoms with Gasteiger partial charge >= 0.3 is 0 Å². The Balaban J connectivity index is 1.76. The van der Waals surface area contributed by atoms with Gasteiger partial charge in [-0.25, -0.2) is 0 Å². The van der Waals surface area contributed by atoms with Gasteiger partial charge in [-0.3, -0.25) is 9.59 Å². The Morgan fingerprint density at radius 1 is 1.20 bits per heavy atom. The number of nitrogens with one attached hydrogen (secondary N) is 2. The molecule has 2 amide bonds. The molecule has 6 heteroatoms. The van der Waals surface area contributed by atoms with Crippen molar-refractivity contribution in [1.82, 2.24) is 15.5 Å². The quantitative estimate of drug-likeness (QED) is 0.752. The van der Waals surface area contributed by atoms with Gasteiger partial charge in [0.15, 0.2) is 0 Å². The second kappa shape index (κ2) is 10.0. The summed E-state index contributed by atoms with van der Waals surface area (Å²) in [5.74, 6) is 0.0966. The fourth-order valence-corrected chi connectivity index (χ4v) is 3.09. The molecule has 0 bridgehead atoms. The van der Waals surface area contributed by atoms with Gasteiger partial charge in [-0.05, 0) is 44.9 Å². The summed E-state index contributed by atoms with van der Waals surface area (Å²) in [4.78, 5) is 26.8. The maximum absolute atomic E-state index is 12.3. The molecular formula is C19H29N3O3. The Labute approximate surface area is 149 Å². The van der Waals surface area contributed by atoms with E-state index in [1.807, 2.05) is 13.0 Å². The highest BCUT2D eigenvalue weighted by atomic mass is 16.5. The number of hydrogen-bond acceptors (Lipinski definition) is 4. The molecule has 0 radical (unpaired) electrons. The predicted octanol–water partition coefficient (Wildman–Crippen LogP) is 1.81. The summed E-state index contributed by atoms with van der Waals surface area (Å²) in [5, 5.41) is 5.69. The molecule has 1 fully saturated rings. The fourth-order valence-electron chi connectivity index (χ4n) is 3.09. The molecular weight excluding hydrogens is 318 g/mol. The van der Waals surface area contributed by atoms with Crippen LogP contribution in [0, 0.1) is 0 Å². The lowest BCUT2D eigenvalue weighted by Gasteiger charge is -2.32. The topological polar surface area (TPSA) is 70.7 Å². The maximum Gasteiger partial charge on any atom is 0.255 e. The Kier molecular flexibility index (Phi) is 7.73. The third-order valence-corrected chi connectivity index (χ3v) is 4.33. The number of para-hydroxylation sites is 1. The molecule has 1 aliphatic heterocycles. The van der Waals surface area contributed by atoms with Gasteiger partial charge in [0.2, 0.25) is 5.91 Å². The van der Waals surface area contributed by atoms with Crippen LogP contribution in [0.5, 0.6) is 5.75 Å². The van der Waals surface area contributed by atoms with Gasteiger partial charge in [0.1, 0.15) is 5.75 Å². The van der Waals surface area contributed by atoms with Crippen molar-refractivity contribution in [2.45, 2.75) is 39.2 Å². The molecule has 2 N–H and O–H groups in total. The first-order valence-electron chi connectivity index (χ1n) is 9.15. The van der Waals surface area contributed by atoms with Crippen LogP contribution in [-0.2, 0) is 4.79 Å². The van der Waals surface area contributed by atoms with Crippen LogP contribution in [0.1, 0.15) is 43.5 Å². The highest BCUT2D eigenvalue weighted by Crippen LogP contribution is 2.17. The number of piperidine rings is 1. The van der Waals surface area contributed by atoms with Crippen LogP contribution < -0.4 is 15.4 Å². The number of carbonyl (C=O) groups is 2. The van der Waals surface area contributed by atoms with Crippen molar-refractivity contribution in [2.75, 3.05) is 32.8 Å². The van der Waals surface area contributed by atoms with Gasteiger partial charge in [0.05, 0.1) is 18.7 Å². The SMILES string of the molecule is CCCN1CCC(NC(=O)CNC(=O)c2ccccc2OCC)CC1. The third-order valence-electron chi connectivity index (χ3n) is 4.33. The summed E-state index contributed by atoms with van der Waals surface area (Å²) in [5.41, 5.74) is 0.449. The molecule has 0 spiro atoms. The van der Waals surface area contributed by atoms with Crippen LogP contribution in [0.3, 0.4) is 0 Å². The number of hydrogen-bond donors (Lipinski definition) is 2. The first-order valence-corrected chi connectivity index (χ1v) is 9.15. The Morgan fingerprint density at radius 3 is 2.60 bits per heavy atom. The van der Waals surface area contributed by atoms with Crippen molar-refractivity contribution in [3.05, 3.63) is 29.8 Å². The number of benzene rings is 1. The van der Waals surface area contributed by atoms with Crippen molar-refractivity contribution in [3.63, 3.8) is 0 Å². The number of likely N-dealkylation sites (tertiary alicyclic amines) is 1. The molecule has 1 aliphatic rings. The highest BCUT2D eigenvalue weighted by molar-refractivity contribution is 5.98. The summed E-state index contributed by atoms with van der Waals surface area (Å²) in [6.07, 6.45) is 3.09. The minimum atomic E-state index is -0.294. The Bertz CT molecular complexity index is 569. The van der Waals surface area contributed by atoms with E-state index in [0.717, 1.165) is 38.9 Å². The van der Waals surface area contributed by atoms with Gasteiger partial charge in [0, 0.05) is 19.1 Å². The summed E-state index contributed by atoms with van der Waals surface area (Å²) in [7, 11) is 0. The molecule has 0 unspecified atom stereocenters. The third kappa shape index (κ3) is 6.05. The van der Waals surface area contributed by atoms with Gasteiger partial charge in [-0.15, -0.1) is 0 Å². The Hall–Kier alpha value is -2.08. The lowest BCUT2D eigenvalue weighted by molar-refractivity contribution is -0.121. The standard InChI is InChI=1S/C19H29N3O3/c1-3-11-22-12-9-15(10-13-22)21-18(23)14-20-19(24)16-7-5-6-8-17(16)25-4-2/h5-8,15H,3-4,9-14H2,1-2H3,(H,20,24)(H,21,23). The molecule has 1 aromatic carbocycles. The lowest BCUT2D eigenvalue weighted by atomic mass is 10.0. The molecule has 1 saturated heterocycles. The van der Waals surface area contributed by atoms with E-state index in [4.69, 9.17) is 4.74 Å². The molecule has 0 aromatic heterocycles. The normalized spacial score (nSPS) is 15.6. The first-order chi connectivity index (χ1) is 12.1. The van der Waals surface area contributed by atoms with Gasteiger partial charge < -0.3 is 20.3 Å². The number of nitrogens with zero attached hydrogens (tertiary/aromatic N) is 1. The van der Waals surface area contributed by atoms with Gasteiger partial charge in [0.25, 0.3) is 5.91 Å². The highest BCUT2D eigenvalue weighted by Gasteiger charge is 2.20. The number of amides is 2. The Morgan fingerprint density at radius 2 is 1.92 bits per heavy atom. The number of ether oxygens (including phenoxy) is 1. The second-order valence-corrected chi connectivity index (χ2v) is 6.30. The van der Waals surface area contributed by atoms with E-state index in [1.165, 1.54) is 0 Å². The summed E-state index contributed by atoms with van der Waals surface area (Å²) >= 11 is 0. The van der Waals surface area contributed by atoms with Crippen LogP contribution >= 0.6 is 0 Å². The van der Waals surface area contributed by atoms with E-state index in [2.05, 4.69) is 22.5 Å². The molecule has 2 rings (SSSR count). The predicted molar refractivity (Wildman–Crippen MR) is 97.8 cm³/mol. The summed E-state index contributed by atoms with van der Waals surface area (Å²) in [6.45, 7) is 7.68. The van der Waals surface area contributed by atoms with Crippen LogP contribution in [0.4, 0.5) is 0 Å². The van der Waals surface area contributed by atoms with E-state index < -0.39 is 0 Å². The zero-order chi connectivity index (χ0) is 18.1. The summed E-state index contributed by atoms with van der Waals surface area (Å²) in [6, 6.07) is 7.25. The van der Waals surface area contributed by atoms with E-state index in [-0.39, 0.29) is 24.4 Å². The van der Waals surface area contributed by atoms with Crippen molar-refractivity contribution in [3.8, 4) is 5.75 Å². The minimum absolute atomic E-state index is 0.0194.